The van der Waals surface area contributed by atoms with Crippen molar-refractivity contribution in [2.75, 3.05) is 19.6 Å². The molecule has 0 fully saturated rings. The summed E-state index contributed by atoms with van der Waals surface area (Å²) in [5.41, 5.74) is 6.03. The maximum atomic E-state index is 11.3. The van der Waals surface area contributed by atoms with E-state index < -0.39 is 0 Å². The molecule has 6 nitrogen and oxygen atoms in total. The van der Waals surface area contributed by atoms with Crippen LogP contribution < -0.4 is 5.32 Å². The Hall–Kier alpha value is -3.38. The highest BCUT2D eigenvalue weighted by atomic mass is 16.6. The Morgan fingerprint density at radius 1 is 1.07 bits per heavy atom. The smallest absolute Gasteiger partial charge is 0.270 e. The Kier molecular flexibility index (Phi) is 5.72. The molecule has 6 heteroatoms. The van der Waals surface area contributed by atoms with E-state index in [0.29, 0.717) is 6.54 Å². The molecule has 0 amide bonds. The lowest BCUT2D eigenvalue weighted by atomic mass is 9.93. The summed E-state index contributed by atoms with van der Waals surface area (Å²) in [6.45, 7) is 2.31. The zero-order valence-electron chi connectivity index (χ0n) is 16.0. The van der Waals surface area contributed by atoms with Gasteiger partial charge in [0.15, 0.2) is 0 Å². The molecular weight excluding hydrogens is 364 g/mol. The zero-order chi connectivity index (χ0) is 20.1. The molecule has 2 aliphatic rings. The second-order valence-corrected chi connectivity index (χ2v) is 6.99. The molecule has 0 radical (unpaired) electrons. The van der Waals surface area contributed by atoms with Crippen LogP contribution in [0.25, 0.3) is 5.57 Å². The van der Waals surface area contributed by atoms with Crippen molar-refractivity contribution >= 4 is 17.0 Å². The van der Waals surface area contributed by atoms with Gasteiger partial charge in [0.2, 0.25) is 0 Å². The first-order chi connectivity index (χ1) is 14.2. The van der Waals surface area contributed by atoms with E-state index in [-0.39, 0.29) is 10.6 Å². The molecular formula is C23H22N4O2. The number of aliphatic imine (C=N–C) groups is 1. The molecule has 29 heavy (non-hydrogen) atoms. The number of non-ortho nitro benzene ring substituents is 1. The number of nitrogens with zero attached hydrogens (tertiary/aromatic N) is 3. The van der Waals surface area contributed by atoms with Crippen molar-refractivity contribution < 1.29 is 4.92 Å². The standard InChI is InChI=1S/C23H22N4O2/c28-27(29)21-7-2-5-19(14-21)23-22-15-18(17-8-12-24-13-9-17)4-1-6-20(22)16-25-10-3-11-26-23/h2,4-9,12-15,25H,1,3,10-11,16H2. The van der Waals surface area contributed by atoms with Crippen LogP contribution in [-0.4, -0.2) is 35.3 Å². The van der Waals surface area contributed by atoms with Crippen molar-refractivity contribution in [3.05, 3.63) is 99.4 Å². The summed E-state index contributed by atoms with van der Waals surface area (Å²) in [5.74, 6) is 0. The van der Waals surface area contributed by atoms with E-state index in [1.54, 1.807) is 24.5 Å². The molecule has 0 spiro atoms. The van der Waals surface area contributed by atoms with E-state index >= 15 is 0 Å². The van der Waals surface area contributed by atoms with Crippen LogP contribution in [0, 0.1) is 10.1 Å². The number of nitrogens with one attached hydrogen (secondary N) is 1. The van der Waals surface area contributed by atoms with Crippen LogP contribution in [-0.2, 0) is 0 Å². The van der Waals surface area contributed by atoms with E-state index in [1.807, 2.05) is 18.2 Å². The number of nitro groups is 1. The van der Waals surface area contributed by atoms with Crippen molar-refractivity contribution in [2.45, 2.75) is 12.8 Å². The van der Waals surface area contributed by atoms with Gasteiger partial charge in [0.1, 0.15) is 0 Å². The van der Waals surface area contributed by atoms with Crippen molar-refractivity contribution in [2.24, 2.45) is 4.99 Å². The van der Waals surface area contributed by atoms with E-state index in [9.17, 15) is 10.1 Å². The van der Waals surface area contributed by atoms with E-state index in [2.05, 4.69) is 28.5 Å². The number of pyridine rings is 1. The van der Waals surface area contributed by atoms with Crippen LogP contribution in [0.4, 0.5) is 5.69 Å². The molecule has 1 aliphatic carbocycles. The molecule has 0 saturated heterocycles. The lowest BCUT2D eigenvalue weighted by molar-refractivity contribution is -0.384. The molecule has 0 unspecified atom stereocenters. The number of fused-ring (bicyclic) bond motifs is 1. The van der Waals surface area contributed by atoms with Gasteiger partial charge in [0.25, 0.3) is 5.69 Å². The monoisotopic (exact) mass is 386 g/mol. The third-order valence-electron chi connectivity index (χ3n) is 5.04. The Balaban J connectivity index is 1.85. The van der Waals surface area contributed by atoms with Gasteiger partial charge in [0, 0.05) is 48.8 Å². The number of aromatic nitrogens is 1. The number of rotatable bonds is 3. The Morgan fingerprint density at radius 2 is 1.93 bits per heavy atom. The summed E-state index contributed by atoms with van der Waals surface area (Å²) in [5, 5.41) is 14.8. The molecule has 0 atom stereocenters. The molecule has 1 aliphatic heterocycles. The molecule has 4 rings (SSSR count). The minimum absolute atomic E-state index is 0.0767. The fourth-order valence-electron chi connectivity index (χ4n) is 3.60. The lowest BCUT2D eigenvalue weighted by Crippen LogP contribution is -2.20. The highest BCUT2D eigenvalue weighted by molar-refractivity contribution is 6.17. The van der Waals surface area contributed by atoms with Gasteiger partial charge in [-0.3, -0.25) is 20.1 Å². The van der Waals surface area contributed by atoms with Gasteiger partial charge in [-0.05, 0) is 54.3 Å². The third kappa shape index (κ3) is 4.38. The SMILES string of the molecule is O=[N+]([O-])c1cccc(C2=NCCCNCC3=CCC=C(c4ccncc4)C=C32)c1. The van der Waals surface area contributed by atoms with Crippen LogP contribution in [0.2, 0.25) is 0 Å². The fourth-order valence-corrected chi connectivity index (χ4v) is 3.60. The maximum absolute atomic E-state index is 11.3. The van der Waals surface area contributed by atoms with Crippen molar-refractivity contribution in [1.29, 1.82) is 0 Å². The Labute approximate surface area is 169 Å². The van der Waals surface area contributed by atoms with Crippen molar-refractivity contribution in [1.82, 2.24) is 10.3 Å². The average Bonchev–Trinajstić information content (AvgIpc) is 2.90. The zero-order valence-corrected chi connectivity index (χ0v) is 16.0. The summed E-state index contributed by atoms with van der Waals surface area (Å²) in [4.78, 5) is 19.9. The number of hydrogen-bond donors (Lipinski definition) is 1. The molecule has 146 valence electrons. The number of nitro benzene ring substituents is 1. The minimum atomic E-state index is -0.360. The first-order valence-corrected chi connectivity index (χ1v) is 9.74. The summed E-state index contributed by atoms with van der Waals surface area (Å²) in [7, 11) is 0. The molecule has 1 aromatic carbocycles. The van der Waals surface area contributed by atoms with Crippen molar-refractivity contribution in [3.63, 3.8) is 0 Å². The van der Waals surface area contributed by atoms with Gasteiger partial charge in [-0.2, -0.15) is 0 Å². The van der Waals surface area contributed by atoms with Gasteiger partial charge in [0.05, 0.1) is 10.6 Å². The molecule has 0 bridgehead atoms. The van der Waals surface area contributed by atoms with Gasteiger partial charge >= 0.3 is 0 Å². The summed E-state index contributed by atoms with van der Waals surface area (Å²) < 4.78 is 0. The summed E-state index contributed by atoms with van der Waals surface area (Å²) >= 11 is 0. The molecule has 1 aromatic heterocycles. The second-order valence-electron chi connectivity index (χ2n) is 6.99. The molecule has 1 N–H and O–H groups in total. The van der Waals surface area contributed by atoms with Crippen LogP contribution in [0.3, 0.4) is 0 Å². The van der Waals surface area contributed by atoms with E-state index in [0.717, 1.165) is 59.5 Å². The average molecular weight is 386 g/mol. The van der Waals surface area contributed by atoms with E-state index in [4.69, 9.17) is 4.99 Å². The molecule has 2 heterocycles. The van der Waals surface area contributed by atoms with Crippen LogP contribution in [0.15, 0.2) is 83.2 Å². The van der Waals surface area contributed by atoms with Gasteiger partial charge in [-0.15, -0.1) is 0 Å². The van der Waals surface area contributed by atoms with Crippen LogP contribution >= 0.6 is 0 Å². The first-order valence-electron chi connectivity index (χ1n) is 9.74. The Morgan fingerprint density at radius 3 is 2.76 bits per heavy atom. The number of hydrogen-bond acceptors (Lipinski definition) is 5. The highest BCUT2D eigenvalue weighted by Gasteiger charge is 2.20. The Bertz CT molecular complexity index is 1040. The van der Waals surface area contributed by atoms with Crippen LogP contribution in [0.5, 0.6) is 0 Å². The molecule has 0 saturated carbocycles. The maximum Gasteiger partial charge on any atom is 0.270 e. The number of benzene rings is 1. The minimum Gasteiger partial charge on any atom is -0.313 e. The fraction of sp³-hybridized carbons (Fsp3) is 0.217. The van der Waals surface area contributed by atoms with Gasteiger partial charge in [-0.25, -0.2) is 0 Å². The topological polar surface area (TPSA) is 80.4 Å². The quantitative estimate of drug-likeness (QED) is 0.636. The predicted molar refractivity (Wildman–Crippen MR) is 115 cm³/mol. The van der Waals surface area contributed by atoms with Gasteiger partial charge < -0.3 is 5.32 Å². The normalized spacial score (nSPS) is 17.2. The molecule has 2 aromatic rings. The van der Waals surface area contributed by atoms with Crippen LogP contribution in [0.1, 0.15) is 24.0 Å². The highest BCUT2D eigenvalue weighted by Crippen LogP contribution is 2.29. The third-order valence-corrected chi connectivity index (χ3v) is 5.04. The second kappa shape index (κ2) is 8.75. The largest absolute Gasteiger partial charge is 0.313 e. The number of allylic oxidation sites excluding steroid dienone is 4. The van der Waals surface area contributed by atoms with E-state index in [1.165, 1.54) is 6.07 Å². The predicted octanol–water partition coefficient (Wildman–Crippen LogP) is 4.11. The first kappa shape index (κ1) is 19.0. The lowest BCUT2D eigenvalue weighted by Gasteiger charge is -2.15. The summed E-state index contributed by atoms with van der Waals surface area (Å²) in [6.07, 6.45) is 11.9. The van der Waals surface area contributed by atoms with Crippen molar-refractivity contribution in [3.8, 4) is 0 Å². The van der Waals surface area contributed by atoms with Gasteiger partial charge in [-0.1, -0.05) is 24.3 Å². The summed E-state index contributed by atoms with van der Waals surface area (Å²) in [6, 6.07) is 10.7.